The van der Waals surface area contributed by atoms with Crippen LogP contribution in [0.1, 0.15) is 16.8 Å². The van der Waals surface area contributed by atoms with E-state index in [2.05, 4.69) is 5.10 Å². The highest BCUT2D eigenvalue weighted by Gasteiger charge is 2.13. The summed E-state index contributed by atoms with van der Waals surface area (Å²) < 4.78 is 12.7. The van der Waals surface area contributed by atoms with Crippen molar-refractivity contribution in [3.63, 3.8) is 0 Å². The van der Waals surface area contributed by atoms with E-state index in [1.165, 1.54) is 0 Å². The molecule has 0 aliphatic heterocycles. The molecule has 2 rings (SSSR count). The fourth-order valence-electron chi connectivity index (χ4n) is 1.95. The highest BCUT2D eigenvalue weighted by molar-refractivity contribution is 6.30. The van der Waals surface area contributed by atoms with Gasteiger partial charge in [-0.15, -0.1) is 0 Å². The lowest BCUT2D eigenvalue weighted by Crippen LogP contribution is -2.02. The van der Waals surface area contributed by atoms with Gasteiger partial charge in [-0.25, -0.2) is 0 Å². The van der Waals surface area contributed by atoms with Gasteiger partial charge in [0, 0.05) is 19.2 Å². The first kappa shape index (κ1) is 14.7. The molecule has 0 aliphatic carbocycles. The zero-order chi connectivity index (χ0) is 14.7. The van der Waals surface area contributed by atoms with Crippen molar-refractivity contribution in [1.29, 1.82) is 0 Å². The van der Waals surface area contributed by atoms with Crippen molar-refractivity contribution < 1.29 is 9.47 Å². The van der Waals surface area contributed by atoms with Crippen LogP contribution in [0.3, 0.4) is 0 Å². The van der Waals surface area contributed by atoms with Gasteiger partial charge < -0.3 is 15.2 Å². The first-order valence-electron chi connectivity index (χ1n) is 6.24. The minimum atomic E-state index is 0.336. The molecule has 0 unspecified atom stereocenters. The van der Waals surface area contributed by atoms with Crippen LogP contribution in [0, 0.1) is 6.92 Å². The zero-order valence-corrected chi connectivity index (χ0v) is 12.6. The van der Waals surface area contributed by atoms with E-state index in [0.29, 0.717) is 29.8 Å². The van der Waals surface area contributed by atoms with E-state index in [1.54, 1.807) is 18.8 Å². The van der Waals surface area contributed by atoms with Gasteiger partial charge in [0.1, 0.15) is 11.8 Å². The first-order valence-corrected chi connectivity index (χ1v) is 6.62. The molecular formula is C14H18ClN3O2. The highest BCUT2D eigenvalue weighted by Crippen LogP contribution is 2.30. The van der Waals surface area contributed by atoms with Crippen molar-refractivity contribution >= 4 is 11.6 Å². The Hall–Kier alpha value is -1.72. The monoisotopic (exact) mass is 295 g/mol. The number of nitrogens with zero attached hydrogens (tertiary/aromatic N) is 2. The van der Waals surface area contributed by atoms with Gasteiger partial charge in [-0.3, -0.25) is 4.68 Å². The number of hydrogen-bond acceptors (Lipinski definition) is 4. The summed E-state index contributed by atoms with van der Waals surface area (Å²) in [7, 11) is 3.40. The first-order chi connectivity index (χ1) is 9.56. The summed E-state index contributed by atoms with van der Waals surface area (Å²) in [5.74, 6) is 1.31. The van der Waals surface area contributed by atoms with E-state index in [0.717, 1.165) is 16.8 Å². The molecule has 1 aromatic carbocycles. The fraction of sp³-hybridized carbons (Fsp3) is 0.357. The van der Waals surface area contributed by atoms with E-state index in [1.807, 2.05) is 25.1 Å². The molecule has 20 heavy (non-hydrogen) atoms. The van der Waals surface area contributed by atoms with Gasteiger partial charge in [0.2, 0.25) is 0 Å². The van der Waals surface area contributed by atoms with Gasteiger partial charge in [0.05, 0.1) is 12.8 Å². The Morgan fingerprint density at radius 2 is 2.10 bits per heavy atom. The van der Waals surface area contributed by atoms with Crippen LogP contribution >= 0.6 is 11.6 Å². The standard InChI is InChI=1S/C14H18ClN3O2/c1-9-11(14(15)18(2)17-9)8-20-13-6-10(7-16)4-5-12(13)19-3/h4-6H,7-8,16H2,1-3H3. The largest absolute Gasteiger partial charge is 0.493 e. The lowest BCUT2D eigenvalue weighted by atomic mass is 10.2. The molecule has 0 bridgehead atoms. The van der Waals surface area contributed by atoms with Crippen LogP contribution in [0.4, 0.5) is 0 Å². The number of ether oxygens (including phenoxy) is 2. The maximum Gasteiger partial charge on any atom is 0.161 e. The Morgan fingerprint density at radius 3 is 2.65 bits per heavy atom. The summed E-state index contributed by atoms with van der Waals surface area (Å²) in [6.45, 7) is 2.69. The number of halogens is 1. The predicted octanol–water partition coefficient (Wildman–Crippen LogP) is 2.43. The van der Waals surface area contributed by atoms with Crippen molar-refractivity contribution in [3.05, 3.63) is 40.2 Å². The van der Waals surface area contributed by atoms with Crippen molar-refractivity contribution in [2.45, 2.75) is 20.1 Å². The molecule has 0 fully saturated rings. The molecule has 2 N–H and O–H groups in total. The molecule has 0 saturated carbocycles. The third-order valence-electron chi connectivity index (χ3n) is 3.11. The van der Waals surface area contributed by atoms with Crippen LogP contribution in [0.2, 0.25) is 5.15 Å². The van der Waals surface area contributed by atoms with Crippen molar-refractivity contribution in [3.8, 4) is 11.5 Å². The molecule has 0 atom stereocenters. The van der Waals surface area contributed by atoms with Crippen molar-refractivity contribution in [1.82, 2.24) is 9.78 Å². The van der Waals surface area contributed by atoms with Crippen LogP contribution in [-0.2, 0) is 20.2 Å². The minimum absolute atomic E-state index is 0.336. The highest BCUT2D eigenvalue weighted by atomic mass is 35.5. The van der Waals surface area contributed by atoms with E-state index < -0.39 is 0 Å². The van der Waals surface area contributed by atoms with Gasteiger partial charge in [-0.05, 0) is 24.6 Å². The molecule has 5 nitrogen and oxygen atoms in total. The Morgan fingerprint density at radius 1 is 1.35 bits per heavy atom. The Kier molecular flexibility index (Phi) is 4.52. The Balaban J connectivity index is 2.21. The Labute approximate surface area is 123 Å². The van der Waals surface area contributed by atoms with Crippen LogP contribution < -0.4 is 15.2 Å². The number of methoxy groups -OCH3 is 1. The molecule has 0 aliphatic rings. The molecule has 0 radical (unpaired) electrons. The van der Waals surface area contributed by atoms with Gasteiger partial charge in [-0.2, -0.15) is 5.10 Å². The normalized spacial score (nSPS) is 10.7. The zero-order valence-electron chi connectivity index (χ0n) is 11.8. The molecule has 0 saturated heterocycles. The maximum atomic E-state index is 6.18. The molecule has 0 spiro atoms. The summed E-state index contributed by atoms with van der Waals surface area (Å²) in [6, 6.07) is 5.63. The third kappa shape index (κ3) is 2.89. The van der Waals surface area contributed by atoms with Gasteiger partial charge in [0.25, 0.3) is 0 Å². The minimum Gasteiger partial charge on any atom is -0.493 e. The van der Waals surface area contributed by atoms with E-state index in [4.69, 9.17) is 26.8 Å². The average Bonchev–Trinajstić information content (AvgIpc) is 2.70. The molecule has 1 heterocycles. The molecule has 6 heteroatoms. The predicted molar refractivity (Wildman–Crippen MR) is 78.2 cm³/mol. The SMILES string of the molecule is COc1ccc(CN)cc1OCc1c(C)nn(C)c1Cl. The molecular weight excluding hydrogens is 278 g/mol. The van der Waals surface area contributed by atoms with Crippen molar-refractivity contribution in [2.24, 2.45) is 12.8 Å². The number of hydrogen-bond donors (Lipinski definition) is 1. The average molecular weight is 296 g/mol. The van der Waals surface area contributed by atoms with Gasteiger partial charge in [-0.1, -0.05) is 17.7 Å². The van der Waals surface area contributed by atoms with Gasteiger partial charge in [0.15, 0.2) is 11.5 Å². The number of nitrogens with two attached hydrogens (primary N) is 1. The number of benzene rings is 1. The lowest BCUT2D eigenvalue weighted by molar-refractivity contribution is 0.283. The summed E-state index contributed by atoms with van der Waals surface area (Å²) >= 11 is 6.18. The van der Waals surface area contributed by atoms with Crippen LogP contribution in [0.15, 0.2) is 18.2 Å². The van der Waals surface area contributed by atoms with Crippen molar-refractivity contribution in [2.75, 3.05) is 7.11 Å². The topological polar surface area (TPSA) is 62.3 Å². The maximum absolute atomic E-state index is 6.18. The number of aromatic nitrogens is 2. The third-order valence-corrected chi connectivity index (χ3v) is 3.58. The Bertz CT molecular complexity index is 611. The molecule has 1 aromatic heterocycles. The van der Waals surface area contributed by atoms with E-state index >= 15 is 0 Å². The second-order valence-electron chi connectivity index (χ2n) is 4.46. The summed E-state index contributed by atoms with van der Waals surface area (Å²) in [6.07, 6.45) is 0. The summed E-state index contributed by atoms with van der Waals surface area (Å²) in [4.78, 5) is 0. The van der Waals surface area contributed by atoms with Crippen LogP contribution in [0.5, 0.6) is 11.5 Å². The molecule has 2 aromatic rings. The quantitative estimate of drug-likeness (QED) is 0.920. The van der Waals surface area contributed by atoms with Crippen LogP contribution in [0.25, 0.3) is 0 Å². The summed E-state index contributed by atoms with van der Waals surface area (Å²) in [5.41, 5.74) is 8.34. The fourth-order valence-corrected chi connectivity index (χ4v) is 2.18. The van der Waals surface area contributed by atoms with E-state index in [-0.39, 0.29) is 0 Å². The second kappa shape index (κ2) is 6.15. The smallest absolute Gasteiger partial charge is 0.161 e. The van der Waals surface area contributed by atoms with Gasteiger partial charge >= 0.3 is 0 Å². The van der Waals surface area contributed by atoms with E-state index in [9.17, 15) is 0 Å². The molecule has 108 valence electrons. The second-order valence-corrected chi connectivity index (χ2v) is 4.81. The van der Waals surface area contributed by atoms with Crippen LogP contribution in [-0.4, -0.2) is 16.9 Å². The molecule has 0 amide bonds. The number of rotatable bonds is 5. The number of aryl methyl sites for hydroxylation is 2. The lowest BCUT2D eigenvalue weighted by Gasteiger charge is -2.12. The summed E-state index contributed by atoms with van der Waals surface area (Å²) in [5, 5.41) is 4.83.